The summed E-state index contributed by atoms with van der Waals surface area (Å²) in [4.78, 5) is 22.4. The Balaban J connectivity index is 1.73. The van der Waals surface area contributed by atoms with E-state index in [0.717, 1.165) is 0 Å². The van der Waals surface area contributed by atoms with Crippen LogP contribution in [-0.2, 0) is 4.79 Å². The Hall–Kier alpha value is -4.19. The zero-order valence-corrected chi connectivity index (χ0v) is 14.2. The van der Waals surface area contributed by atoms with Crippen LogP contribution >= 0.6 is 0 Å². The number of nitrogens with one attached hydrogen (secondary N) is 1. The van der Waals surface area contributed by atoms with Crippen molar-refractivity contribution in [2.75, 3.05) is 11.9 Å². The zero-order chi connectivity index (χ0) is 20.1. The molecule has 1 heterocycles. The molecule has 0 aliphatic carbocycles. The summed E-state index contributed by atoms with van der Waals surface area (Å²) in [5, 5.41) is 22.5. The molecule has 3 rings (SSSR count). The summed E-state index contributed by atoms with van der Waals surface area (Å²) in [5.74, 6) is -0.638. The average molecular weight is 381 g/mol. The number of carbonyl (C=O) groups is 1. The summed E-state index contributed by atoms with van der Waals surface area (Å²) in [5.41, 5.74) is 0.302. The van der Waals surface area contributed by atoms with Crippen LogP contribution in [0.2, 0.25) is 0 Å². The molecule has 1 aromatic heterocycles. The van der Waals surface area contributed by atoms with Crippen molar-refractivity contribution in [2.45, 2.75) is 0 Å². The Bertz CT molecular complexity index is 1070. The molecule has 3 aromatic rings. The van der Waals surface area contributed by atoms with Gasteiger partial charge in [0.15, 0.2) is 6.61 Å². The molecule has 1 N–H and O–H groups in total. The lowest BCUT2D eigenvalue weighted by atomic mass is 10.1. The minimum atomic E-state index is -0.597. The van der Waals surface area contributed by atoms with E-state index in [2.05, 4.69) is 5.32 Å². The first-order valence-electron chi connectivity index (χ1n) is 7.93. The van der Waals surface area contributed by atoms with Gasteiger partial charge in [-0.1, -0.05) is 12.1 Å². The third-order valence-corrected chi connectivity index (χ3v) is 3.63. The molecule has 0 saturated heterocycles. The number of furan rings is 1. The molecule has 0 saturated carbocycles. The molecule has 0 spiro atoms. The molecular formula is C19H12FN3O5. The van der Waals surface area contributed by atoms with Crippen molar-refractivity contribution in [1.29, 1.82) is 5.26 Å². The molecule has 0 fully saturated rings. The highest BCUT2D eigenvalue weighted by atomic mass is 19.1. The van der Waals surface area contributed by atoms with Gasteiger partial charge in [-0.25, -0.2) is 4.39 Å². The van der Waals surface area contributed by atoms with Gasteiger partial charge in [-0.15, -0.1) is 0 Å². The minimum Gasteiger partial charge on any atom is -0.484 e. The number of rotatable bonds is 6. The van der Waals surface area contributed by atoms with Gasteiger partial charge in [0.25, 0.3) is 11.6 Å². The number of anilines is 1. The molecule has 28 heavy (non-hydrogen) atoms. The van der Waals surface area contributed by atoms with E-state index in [1.165, 1.54) is 48.5 Å². The number of carbonyl (C=O) groups excluding carboxylic acids is 1. The Morgan fingerprint density at radius 2 is 2.00 bits per heavy atom. The van der Waals surface area contributed by atoms with Gasteiger partial charge in [-0.2, -0.15) is 5.26 Å². The summed E-state index contributed by atoms with van der Waals surface area (Å²) in [6.45, 7) is -0.386. The third kappa shape index (κ3) is 4.31. The fourth-order valence-electron chi connectivity index (χ4n) is 2.32. The maximum atomic E-state index is 12.9. The van der Waals surface area contributed by atoms with E-state index in [1.54, 1.807) is 6.07 Å². The van der Waals surface area contributed by atoms with E-state index in [-0.39, 0.29) is 29.5 Å². The molecule has 0 atom stereocenters. The quantitative estimate of drug-likeness (QED) is 0.511. The highest BCUT2D eigenvalue weighted by molar-refractivity contribution is 5.92. The Morgan fingerprint density at radius 3 is 2.68 bits per heavy atom. The molecular weight excluding hydrogens is 369 g/mol. The Morgan fingerprint density at radius 1 is 1.25 bits per heavy atom. The first-order valence-corrected chi connectivity index (χ1v) is 7.93. The van der Waals surface area contributed by atoms with Crippen molar-refractivity contribution in [3.8, 4) is 23.1 Å². The zero-order valence-electron chi connectivity index (χ0n) is 14.2. The van der Waals surface area contributed by atoms with Crippen LogP contribution < -0.4 is 10.1 Å². The van der Waals surface area contributed by atoms with E-state index >= 15 is 0 Å². The fraction of sp³-hybridized carbons (Fsp3) is 0.0526. The molecule has 2 aromatic carbocycles. The monoisotopic (exact) mass is 381 g/mol. The van der Waals surface area contributed by atoms with Crippen molar-refractivity contribution >= 4 is 17.5 Å². The van der Waals surface area contributed by atoms with Crippen LogP contribution in [0.1, 0.15) is 5.56 Å². The van der Waals surface area contributed by atoms with E-state index in [0.29, 0.717) is 11.3 Å². The number of nitriles is 1. The largest absolute Gasteiger partial charge is 0.484 e. The van der Waals surface area contributed by atoms with E-state index in [4.69, 9.17) is 9.15 Å². The lowest BCUT2D eigenvalue weighted by Crippen LogP contribution is -2.20. The van der Waals surface area contributed by atoms with Gasteiger partial charge >= 0.3 is 0 Å². The van der Waals surface area contributed by atoms with E-state index in [9.17, 15) is 24.6 Å². The molecule has 140 valence electrons. The van der Waals surface area contributed by atoms with Crippen molar-refractivity contribution in [3.63, 3.8) is 0 Å². The fourth-order valence-corrected chi connectivity index (χ4v) is 2.32. The number of halogens is 1. The maximum absolute atomic E-state index is 12.9. The average Bonchev–Trinajstić information content (AvgIpc) is 3.10. The topological polar surface area (TPSA) is 118 Å². The third-order valence-electron chi connectivity index (χ3n) is 3.63. The summed E-state index contributed by atoms with van der Waals surface area (Å²) in [7, 11) is 0. The van der Waals surface area contributed by atoms with Crippen LogP contribution in [0.4, 0.5) is 16.0 Å². The predicted molar refractivity (Wildman–Crippen MR) is 96.0 cm³/mol. The maximum Gasteiger partial charge on any atom is 0.270 e. The van der Waals surface area contributed by atoms with Gasteiger partial charge in [0.2, 0.25) is 5.88 Å². The summed E-state index contributed by atoms with van der Waals surface area (Å²) >= 11 is 0. The number of amides is 1. The normalized spacial score (nSPS) is 10.1. The Kier molecular flexibility index (Phi) is 5.32. The van der Waals surface area contributed by atoms with Gasteiger partial charge in [0.05, 0.1) is 4.92 Å². The molecule has 0 aliphatic heterocycles. The van der Waals surface area contributed by atoms with Crippen LogP contribution in [0.15, 0.2) is 59.0 Å². The van der Waals surface area contributed by atoms with Gasteiger partial charge in [0, 0.05) is 23.8 Å². The van der Waals surface area contributed by atoms with Crippen molar-refractivity contribution in [3.05, 3.63) is 76.1 Å². The highest BCUT2D eigenvalue weighted by Crippen LogP contribution is 2.30. The number of non-ortho nitro benzene ring substituents is 1. The molecule has 0 unspecified atom stereocenters. The molecule has 8 nitrogen and oxygen atoms in total. The molecule has 1 amide bonds. The van der Waals surface area contributed by atoms with Crippen molar-refractivity contribution in [1.82, 2.24) is 0 Å². The molecule has 0 aliphatic rings. The second-order valence-corrected chi connectivity index (χ2v) is 5.56. The number of hydrogen-bond acceptors (Lipinski definition) is 6. The molecule has 0 bridgehead atoms. The predicted octanol–water partition coefficient (Wildman–Crippen LogP) is 3.88. The van der Waals surface area contributed by atoms with Gasteiger partial charge in [-0.05, 0) is 24.3 Å². The first kappa shape index (κ1) is 18.6. The second-order valence-electron chi connectivity index (χ2n) is 5.56. The van der Waals surface area contributed by atoms with Gasteiger partial charge in [0.1, 0.15) is 29.0 Å². The highest BCUT2D eigenvalue weighted by Gasteiger charge is 2.17. The van der Waals surface area contributed by atoms with Crippen molar-refractivity contribution < 1.29 is 23.3 Å². The van der Waals surface area contributed by atoms with Crippen LogP contribution in [0, 0.1) is 27.3 Å². The van der Waals surface area contributed by atoms with E-state index in [1.807, 2.05) is 6.07 Å². The summed E-state index contributed by atoms with van der Waals surface area (Å²) < 4.78 is 23.6. The molecule has 0 radical (unpaired) electrons. The number of nitrogens with zero attached hydrogens (tertiary/aromatic N) is 2. The Labute approximate surface area is 157 Å². The first-order chi connectivity index (χ1) is 13.5. The van der Waals surface area contributed by atoms with Crippen LogP contribution in [0.25, 0.3) is 11.3 Å². The lowest BCUT2D eigenvalue weighted by Gasteiger charge is -2.06. The number of hydrogen-bond donors (Lipinski definition) is 1. The molecule has 9 heteroatoms. The second kappa shape index (κ2) is 8.01. The SMILES string of the molecule is N#Cc1cc(-c2cccc([N+](=O)[O-])c2)oc1NC(=O)COc1ccc(F)cc1. The van der Waals surface area contributed by atoms with E-state index < -0.39 is 16.6 Å². The minimum absolute atomic E-state index is 0.0524. The standard InChI is InChI=1S/C19H12FN3O5/c20-14-4-6-16(7-5-14)27-11-18(24)22-19-13(10-21)9-17(28-19)12-2-1-3-15(8-12)23(25)26/h1-9H,11H2,(H,22,24). The number of benzene rings is 2. The smallest absolute Gasteiger partial charge is 0.270 e. The van der Waals surface area contributed by atoms with Gasteiger partial charge in [-0.3, -0.25) is 20.2 Å². The van der Waals surface area contributed by atoms with Crippen LogP contribution in [0.3, 0.4) is 0 Å². The van der Waals surface area contributed by atoms with Crippen LogP contribution in [-0.4, -0.2) is 17.4 Å². The lowest BCUT2D eigenvalue weighted by molar-refractivity contribution is -0.384. The number of nitro benzene ring substituents is 1. The van der Waals surface area contributed by atoms with Crippen molar-refractivity contribution in [2.24, 2.45) is 0 Å². The summed E-state index contributed by atoms with van der Waals surface area (Å²) in [6, 6.07) is 14.1. The number of nitro groups is 1. The van der Waals surface area contributed by atoms with Crippen LogP contribution in [0.5, 0.6) is 5.75 Å². The van der Waals surface area contributed by atoms with Gasteiger partial charge < -0.3 is 9.15 Å². The number of ether oxygens (including phenoxy) is 1. The summed E-state index contributed by atoms with van der Waals surface area (Å²) in [6.07, 6.45) is 0.